The van der Waals surface area contributed by atoms with Gasteiger partial charge in [0.2, 0.25) is 0 Å². The molecular formula is C14H21NO9P+. The first kappa shape index (κ1) is 19.9. The predicted molar refractivity (Wildman–Crippen MR) is 81.1 cm³/mol. The highest BCUT2D eigenvalue weighted by Crippen LogP contribution is 2.37. The van der Waals surface area contributed by atoms with Gasteiger partial charge in [-0.05, 0) is 12.5 Å². The van der Waals surface area contributed by atoms with Crippen molar-refractivity contribution in [3.63, 3.8) is 0 Å². The number of pyridine rings is 1. The van der Waals surface area contributed by atoms with Gasteiger partial charge in [0.1, 0.15) is 17.8 Å². The molecule has 1 aromatic heterocycles. The Hall–Kier alpha value is -1.39. The van der Waals surface area contributed by atoms with Gasteiger partial charge in [0.05, 0.1) is 13.2 Å². The minimum Gasteiger partial charge on any atom is -0.462 e. The monoisotopic (exact) mass is 378 g/mol. The molecule has 2 heterocycles. The topological polar surface area (TPSA) is 147 Å². The van der Waals surface area contributed by atoms with Crippen LogP contribution in [0.15, 0.2) is 24.5 Å². The van der Waals surface area contributed by atoms with E-state index in [9.17, 15) is 19.6 Å². The van der Waals surface area contributed by atoms with Crippen molar-refractivity contribution in [2.45, 2.75) is 37.9 Å². The van der Waals surface area contributed by atoms with Crippen LogP contribution in [0.5, 0.6) is 0 Å². The molecule has 0 unspecified atom stereocenters. The summed E-state index contributed by atoms with van der Waals surface area (Å²) in [4.78, 5) is 29.3. The van der Waals surface area contributed by atoms with Crippen LogP contribution >= 0.6 is 7.82 Å². The van der Waals surface area contributed by atoms with Gasteiger partial charge in [-0.1, -0.05) is 6.92 Å². The maximum atomic E-state index is 11.9. The van der Waals surface area contributed by atoms with Crippen molar-refractivity contribution in [2.75, 3.05) is 13.2 Å². The number of phosphoric ester groups is 1. The summed E-state index contributed by atoms with van der Waals surface area (Å²) < 4.78 is 26.9. The molecule has 2 rings (SSSR count). The lowest BCUT2D eigenvalue weighted by atomic mass is 10.1. The van der Waals surface area contributed by atoms with Crippen LogP contribution in [0.4, 0.5) is 0 Å². The molecule has 11 heteroatoms. The van der Waals surface area contributed by atoms with Gasteiger partial charge < -0.3 is 29.5 Å². The lowest BCUT2D eigenvalue weighted by Gasteiger charge is -2.13. The molecule has 0 aromatic carbocycles. The molecule has 140 valence electrons. The Bertz CT molecular complexity index is 649. The van der Waals surface area contributed by atoms with Crippen LogP contribution < -0.4 is 4.57 Å². The fourth-order valence-corrected chi connectivity index (χ4v) is 2.67. The quantitative estimate of drug-likeness (QED) is 0.274. The summed E-state index contributed by atoms with van der Waals surface area (Å²) in [6.45, 7) is 1.54. The molecule has 0 saturated carbocycles. The van der Waals surface area contributed by atoms with E-state index in [0.717, 1.165) is 0 Å². The van der Waals surface area contributed by atoms with Crippen molar-refractivity contribution in [3.8, 4) is 0 Å². The molecule has 1 saturated heterocycles. The van der Waals surface area contributed by atoms with Crippen molar-refractivity contribution < 1.29 is 47.9 Å². The Morgan fingerprint density at radius 2 is 2.08 bits per heavy atom. The van der Waals surface area contributed by atoms with Gasteiger partial charge in [-0.2, -0.15) is 4.57 Å². The number of esters is 1. The summed E-state index contributed by atoms with van der Waals surface area (Å²) in [7, 11) is -4.73. The van der Waals surface area contributed by atoms with Crippen molar-refractivity contribution in [2.24, 2.45) is 0 Å². The van der Waals surface area contributed by atoms with Gasteiger partial charge in [-0.25, -0.2) is 9.36 Å². The molecule has 0 aliphatic carbocycles. The number of nitrogens with zero attached hydrogens (tertiary/aromatic N) is 1. The predicted octanol–water partition coefficient (Wildman–Crippen LogP) is -0.731. The number of carbonyl (C=O) groups is 1. The summed E-state index contributed by atoms with van der Waals surface area (Å²) in [6, 6.07) is 3.07. The third-order valence-electron chi connectivity index (χ3n) is 3.53. The number of rotatable bonds is 7. The fourth-order valence-electron chi connectivity index (χ4n) is 2.33. The van der Waals surface area contributed by atoms with Crippen LogP contribution in [0.1, 0.15) is 29.9 Å². The van der Waals surface area contributed by atoms with Gasteiger partial charge in [0, 0.05) is 6.07 Å². The number of aliphatic hydroxyl groups excluding tert-OH is 2. The van der Waals surface area contributed by atoms with Gasteiger partial charge in [0.15, 0.2) is 18.5 Å². The number of carbonyl (C=O) groups excluding carboxylic acids is 1. The molecule has 0 amide bonds. The highest BCUT2D eigenvalue weighted by Gasteiger charge is 2.49. The maximum Gasteiger partial charge on any atom is 0.469 e. The number of hydrogen-bond donors (Lipinski definition) is 4. The molecule has 4 atom stereocenters. The minimum absolute atomic E-state index is 0.233. The molecule has 1 aliphatic rings. The molecule has 0 radical (unpaired) electrons. The van der Waals surface area contributed by atoms with Gasteiger partial charge in [0.25, 0.3) is 6.23 Å². The lowest BCUT2D eigenvalue weighted by molar-refractivity contribution is -0.765. The molecule has 1 aromatic rings. The maximum absolute atomic E-state index is 11.9. The van der Waals surface area contributed by atoms with E-state index in [1.54, 1.807) is 6.07 Å². The number of aromatic nitrogens is 1. The summed E-state index contributed by atoms with van der Waals surface area (Å²) >= 11 is 0. The molecule has 0 spiro atoms. The zero-order chi connectivity index (χ0) is 18.6. The Morgan fingerprint density at radius 1 is 1.36 bits per heavy atom. The van der Waals surface area contributed by atoms with E-state index >= 15 is 0 Å². The Morgan fingerprint density at radius 3 is 2.72 bits per heavy atom. The van der Waals surface area contributed by atoms with Crippen LogP contribution in [-0.4, -0.2) is 57.5 Å². The van der Waals surface area contributed by atoms with E-state index in [4.69, 9.17) is 19.3 Å². The fraction of sp³-hybridized carbons (Fsp3) is 0.571. The van der Waals surface area contributed by atoms with E-state index in [1.165, 1.54) is 23.0 Å². The molecular weight excluding hydrogens is 357 g/mol. The molecule has 10 nitrogen and oxygen atoms in total. The van der Waals surface area contributed by atoms with Crippen LogP contribution in [0.25, 0.3) is 0 Å². The van der Waals surface area contributed by atoms with E-state index in [-0.39, 0.29) is 12.2 Å². The highest BCUT2D eigenvalue weighted by molar-refractivity contribution is 7.46. The van der Waals surface area contributed by atoms with Crippen LogP contribution in [-0.2, 0) is 18.6 Å². The largest absolute Gasteiger partial charge is 0.469 e. The minimum atomic E-state index is -4.73. The van der Waals surface area contributed by atoms with Crippen molar-refractivity contribution in [1.29, 1.82) is 0 Å². The number of aliphatic hydroxyl groups is 2. The van der Waals surface area contributed by atoms with Gasteiger partial charge in [-0.15, -0.1) is 0 Å². The molecule has 0 bridgehead atoms. The second kappa shape index (κ2) is 8.33. The average molecular weight is 378 g/mol. The van der Waals surface area contributed by atoms with Crippen LogP contribution in [0, 0.1) is 0 Å². The average Bonchev–Trinajstić information content (AvgIpc) is 2.85. The Labute approximate surface area is 143 Å². The lowest BCUT2D eigenvalue weighted by Crippen LogP contribution is -2.46. The van der Waals surface area contributed by atoms with E-state index in [1.807, 2.05) is 6.92 Å². The first-order valence-electron chi connectivity index (χ1n) is 7.62. The van der Waals surface area contributed by atoms with Crippen molar-refractivity contribution >= 4 is 13.8 Å². The first-order chi connectivity index (χ1) is 11.7. The van der Waals surface area contributed by atoms with Crippen LogP contribution in [0.3, 0.4) is 0 Å². The summed E-state index contributed by atoms with van der Waals surface area (Å²) in [6.07, 6.45) is -1.41. The number of phosphoric acid groups is 1. The Balaban J connectivity index is 2.10. The summed E-state index contributed by atoms with van der Waals surface area (Å²) in [5.41, 5.74) is 0.233. The highest BCUT2D eigenvalue weighted by atomic mass is 31.2. The smallest absolute Gasteiger partial charge is 0.462 e. The standard InChI is InChI=1S/C14H20NO9P/c1-2-6-22-14(18)9-4-3-5-15(7-9)13-12(17)11(16)10(24-13)8-23-25(19,20)21/h3-5,7,10-13,16-17H,2,6,8H2,1H3,(H-,19,20,21)/p+1/t10-,11+,12+,13-/m1/s1. The second-order valence-corrected chi connectivity index (χ2v) is 6.75. The normalized spacial score (nSPS) is 26.6. The van der Waals surface area contributed by atoms with Crippen molar-refractivity contribution in [3.05, 3.63) is 30.1 Å². The summed E-state index contributed by atoms with van der Waals surface area (Å²) in [5.74, 6) is -0.536. The molecule has 25 heavy (non-hydrogen) atoms. The third kappa shape index (κ3) is 5.29. The third-order valence-corrected chi connectivity index (χ3v) is 4.02. The zero-order valence-electron chi connectivity index (χ0n) is 13.5. The summed E-state index contributed by atoms with van der Waals surface area (Å²) in [5, 5.41) is 20.1. The van der Waals surface area contributed by atoms with E-state index in [2.05, 4.69) is 4.52 Å². The zero-order valence-corrected chi connectivity index (χ0v) is 14.4. The van der Waals surface area contributed by atoms with E-state index < -0.39 is 44.9 Å². The van der Waals surface area contributed by atoms with Crippen molar-refractivity contribution in [1.82, 2.24) is 0 Å². The second-order valence-electron chi connectivity index (χ2n) is 5.51. The number of hydrogen-bond acceptors (Lipinski definition) is 7. The molecule has 1 fully saturated rings. The SMILES string of the molecule is CCCOC(=O)c1ccc[n+]([C@@H]2O[C@H](COP(=O)(O)O)[C@H](O)[C@@H]2O)c1. The van der Waals surface area contributed by atoms with Gasteiger partial charge >= 0.3 is 13.8 Å². The number of ether oxygens (including phenoxy) is 2. The molecule has 1 aliphatic heterocycles. The van der Waals surface area contributed by atoms with Crippen LogP contribution in [0.2, 0.25) is 0 Å². The molecule has 4 N–H and O–H groups in total. The Kier molecular flexibility index (Phi) is 6.64. The van der Waals surface area contributed by atoms with Gasteiger partial charge in [-0.3, -0.25) is 4.52 Å². The van der Waals surface area contributed by atoms with E-state index in [0.29, 0.717) is 6.42 Å². The first-order valence-corrected chi connectivity index (χ1v) is 9.15.